The fraction of sp³-hybridized carbons (Fsp3) is 0.429. The predicted molar refractivity (Wildman–Crippen MR) is 79.1 cm³/mol. The van der Waals surface area contributed by atoms with E-state index in [-0.39, 0.29) is 23.9 Å². The average Bonchev–Trinajstić information content (AvgIpc) is 2.27. The van der Waals surface area contributed by atoms with Gasteiger partial charge in [0, 0.05) is 15.6 Å². The number of nitrogens with one attached hydrogen (secondary N) is 2. The van der Waals surface area contributed by atoms with Gasteiger partial charge in [0.1, 0.15) is 0 Å². The molecular weight excluding hydrogens is 308 g/mol. The maximum absolute atomic E-state index is 11.9. The lowest BCUT2D eigenvalue weighted by Crippen LogP contribution is -2.45. The van der Waals surface area contributed by atoms with Crippen LogP contribution in [0.15, 0.2) is 22.7 Å². The van der Waals surface area contributed by atoms with Crippen LogP contribution in [0.25, 0.3) is 0 Å². The van der Waals surface area contributed by atoms with E-state index in [1.54, 1.807) is 12.1 Å². The van der Waals surface area contributed by atoms with Gasteiger partial charge in [-0.15, -0.1) is 0 Å². The number of benzene rings is 1. The minimum Gasteiger partial charge on any atom is -0.350 e. The molecule has 0 aromatic heterocycles. The second-order valence-corrected chi connectivity index (χ2v) is 6.30. The second kappa shape index (κ2) is 6.19. The molecule has 0 aliphatic carbocycles. The number of halogens is 1. The fourth-order valence-corrected chi connectivity index (χ4v) is 1.76. The van der Waals surface area contributed by atoms with E-state index in [2.05, 4.69) is 26.6 Å². The first kappa shape index (κ1) is 15.7. The van der Waals surface area contributed by atoms with Crippen LogP contribution in [0.4, 0.5) is 0 Å². The predicted octanol–water partition coefficient (Wildman–Crippen LogP) is 2.40. The van der Waals surface area contributed by atoms with Crippen molar-refractivity contribution in [2.45, 2.75) is 33.2 Å². The Kier molecular flexibility index (Phi) is 5.11. The number of carbonyl (C=O) groups excluding carboxylic acids is 2. The molecule has 0 aliphatic heterocycles. The highest BCUT2D eigenvalue weighted by Gasteiger charge is 2.14. The Labute approximate surface area is 122 Å². The van der Waals surface area contributed by atoms with Crippen LogP contribution >= 0.6 is 15.9 Å². The smallest absolute Gasteiger partial charge is 0.251 e. The molecule has 2 amide bonds. The summed E-state index contributed by atoms with van der Waals surface area (Å²) in [6.07, 6.45) is 0. The van der Waals surface area contributed by atoms with E-state index in [9.17, 15) is 9.59 Å². The van der Waals surface area contributed by atoms with Crippen molar-refractivity contribution in [3.8, 4) is 0 Å². The highest BCUT2D eigenvalue weighted by molar-refractivity contribution is 9.10. The monoisotopic (exact) mass is 326 g/mol. The number of rotatable bonds is 3. The van der Waals surface area contributed by atoms with Crippen molar-refractivity contribution in [3.05, 3.63) is 33.8 Å². The Morgan fingerprint density at radius 3 is 2.42 bits per heavy atom. The van der Waals surface area contributed by atoms with Crippen LogP contribution in [-0.2, 0) is 4.79 Å². The molecule has 0 spiro atoms. The third-order valence-electron chi connectivity index (χ3n) is 2.34. The lowest BCUT2D eigenvalue weighted by Gasteiger charge is -2.20. The van der Waals surface area contributed by atoms with Gasteiger partial charge < -0.3 is 10.6 Å². The summed E-state index contributed by atoms with van der Waals surface area (Å²) in [5.41, 5.74) is 1.23. The number of amides is 2. The molecule has 1 rings (SSSR count). The number of aryl methyl sites for hydroxylation is 1. The number of hydrogen-bond donors (Lipinski definition) is 2. The largest absolute Gasteiger partial charge is 0.350 e. The summed E-state index contributed by atoms with van der Waals surface area (Å²) in [4.78, 5) is 23.5. The molecule has 2 N–H and O–H groups in total. The molecule has 0 fully saturated rings. The highest BCUT2D eigenvalue weighted by atomic mass is 79.9. The van der Waals surface area contributed by atoms with E-state index >= 15 is 0 Å². The standard InChI is InChI=1S/C14H19BrN2O2/c1-9-7-10(5-6-11(9)15)13(19)16-8-12(18)17-14(2,3)4/h5-7H,8H2,1-4H3,(H,16,19)(H,17,18). The van der Waals surface area contributed by atoms with Gasteiger partial charge in [0.2, 0.25) is 5.91 Å². The molecule has 0 unspecified atom stereocenters. The number of carbonyl (C=O) groups is 2. The fourth-order valence-electron chi connectivity index (χ4n) is 1.51. The van der Waals surface area contributed by atoms with E-state index in [0.717, 1.165) is 10.0 Å². The topological polar surface area (TPSA) is 58.2 Å². The first-order valence-electron chi connectivity index (χ1n) is 6.04. The van der Waals surface area contributed by atoms with Gasteiger partial charge in [-0.25, -0.2) is 0 Å². The van der Waals surface area contributed by atoms with Crippen molar-refractivity contribution in [3.63, 3.8) is 0 Å². The summed E-state index contributed by atoms with van der Waals surface area (Å²) in [5.74, 6) is -0.450. The van der Waals surface area contributed by atoms with E-state index in [0.29, 0.717) is 5.56 Å². The minimum absolute atomic E-state index is 0.0226. The van der Waals surface area contributed by atoms with Crippen molar-refractivity contribution in [2.24, 2.45) is 0 Å². The van der Waals surface area contributed by atoms with Gasteiger partial charge in [0.25, 0.3) is 5.91 Å². The average molecular weight is 327 g/mol. The van der Waals surface area contributed by atoms with Crippen LogP contribution in [0.2, 0.25) is 0 Å². The van der Waals surface area contributed by atoms with Crippen LogP contribution in [0.1, 0.15) is 36.7 Å². The van der Waals surface area contributed by atoms with Gasteiger partial charge in [0.15, 0.2) is 0 Å². The summed E-state index contributed by atoms with van der Waals surface area (Å²) in [6, 6.07) is 5.31. The second-order valence-electron chi connectivity index (χ2n) is 5.44. The molecular formula is C14H19BrN2O2. The molecule has 5 heteroatoms. The lowest BCUT2D eigenvalue weighted by molar-refractivity contribution is -0.121. The normalized spacial score (nSPS) is 11.0. The molecule has 1 aromatic rings. The summed E-state index contributed by atoms with van der Waals surface area (Å²) in [7, 11) is 0. The molecule has 1 aromatic carbocycles. The molecule has 0 atom stereocenters. The van der Waals surface area contributed by atoms with Crippen molar-refractivity contribution in [2.75, 3.05) is 6.54 Å². The molecule has 0 bridgehead atoms. The van der Waals surface area contributed by atoms with Gasteiger partial charge in [0.05, 0.1) is 6.54 Å². The zero-order valence-corrected chi connectivity index (χ0v) is 13.2. The molecule has 19 heavy (non-hydrogen) atoms. The van der Waals surface area contributed by atoms with Gasteiger partial charge >= 0.3 is 0 Å². The summed E-state index contributed by atoms with van der Waals surface area (Å²) in [6.45, 7) is 7.57. The van der Waals surface area contributed by atoms with Crippen LogP contribution in [0.3, 0.4) is 0 Å². The Morgan fingerprint density at radius 1 is 1.26 bits per heavy atom. The van der Waals surface area contributed by atoms with Crippen molar-refractivity contribution >= 4 is 27.7 Å². The highest BCUT2D eigenvalue weighted by Crippen LogP contribution is 2.16. The molecule has 4 nitrogen and oxygen atoms in total. The van der Waals surface area contributed by atoms with E-state index in [4.69, 9.17) is 0 Å². The third kappa shape index (κ3) is 5.42. The van der Waals surface area contributed by atoms with Crippen molar-refractivity contribution in [1.82, 2.24) is 10.6 Å². The first-order chi connectivity index (χ1) is 8.69. The van der Waals surface area contributed by atoms with Gasteiger partial charge in [-0.1, -0.05) is 15.9 Å². The Hall–Kier alpha value is -1.36. The van der Waals surface area contributed by atoms with Crippen LogP contribution in [0.5, 0.6) is 0 Å². The van der Waals surface area contributed by atoms with E-state index < -0.39 is 0 Å². The first-order valence-corrected chi connectivity index (χ1v) is 6.84. The Morgan fingerprint density at radius 2 is 1.89 bits per heavy atom. The van der Waals surface area contributed by atoms with Gasteiger partial charge in [-0.2, -0.15) is 0 Å². The van der Waals surface area contributed by atoms with Gasteiger partial charge in [-0.05, 0) is 51.5 Å². The molecule has 104 valence electrons. The minimum atomic E-state index is -0.296. The molecule has 0 saturated heterocycles. The zero-order chi connectivity index (χ0) is 14.6. The zero-order valence-electron chi connectivity index (χ0n) is 11.6. The van der Waals surface area contributed by atoms with Crippen molar-refractivity contribution in [1.29, 1.82) is 0 Å². The summed E-state index contributed by atoms with van der Waals surface area (Å²) >= 11 is 3.38. The Balaban J connectivity index is 2.56. The van der Waals surface area contributed by atoms with Crippen molar-refractivity contribution < 1.29 is 9.59 Å². The maximum Gasteiger partial charge on any atom is 0.251 e. The molecule has 0 saturated carbocycles. The summed E-state index contributed by atoms with van der Waals surface area (Å²) < 4.78 is 0.953. The van der Waals surface area contributed by atoms with Crippen LogP contribution in [0, 0.1) is 6.92 Å². The molecule has 0 aliphatic rings. The van der Waals surface area contributed by atoms with Crippen LogP contribution in [-0.4, -0.2) is 23.9 Å². The van der Waals surface area contributed by atoms with E-state index in [1.165, 1.54) is 0 Å². The SMILES string of the molecule is Cc1cc(C(=O)NCC(=O)NC(C)(C)C)ccc1Br. The molecule has 0 radical (unpaired) electrons. The van der Waals surface area contributed by atoms with Gasteiger partial charge in [-0.3, -0.25) is 9.59 Å². The quantitative estimate of drug-likeness (QED) is 0.896. The van der Waals surface area contributed by atoms with Crippen LogP contribution < -0.4 is 10.6 Å². The Bertz CT molecular complexity index is 493. The third-order valence-corrected chi connectivity index (χ3v) is 3.23. The number of hydrogen-bond acceptors (Lipinski definition) is 2. The van der Waals surface area contributed by atoms with E-state index in [1.807, 2.05) is 33.8 Å². The summed E-state index contributed by atoms with van der Waals surface area (Å²) in [5, 5.41) is 5.39. The lowest BCUT2D eigenvalue weighted by atomic mass is 10.1. The molecule has 0 heterocycles. The maximum atomic E-state index is 11.9.